The van der Waals surface area contributed by atoms with Crippen LogP contribution >= 0.6 is 23.3 Å². The molecule has 12 nitrogen and oxygen atoms in total. The van der Waals surface area contributed by atoms with Crippen LogP contribution in [0.2, 0.25) is 0 Å². The molecule has 3 rings (SSSR count). The predicted molar refractivity (Wildman–Crippen MR) is 109 cm³/mol. The summed E-state index contributed by atoms with van der Waals surface area (Å²) in [7, 11) is 0. The van der Waals surface area contributed by atoms with Crippen LogP contribution in [-0.2, 0) is 28.8 Å². The zero-order chi connectivity index (χ0) is 22.8. The maximum Gasteiger partial charge on any atom is 0.347 e. The van der Waals surface area contributed by atoms with Gasteiger partial charge in [-0.1, -0.05) is 5.16 Å². The number of carboxylic acids is 1. The molecule has 0 radical (unpaired) electrons. The van der Waals surface area contributed by atoms with Gasteiger partial charge in [-0.05, 0) is 32.3 Å². The number of nitrogens with zero attached hydrogens (tertiary/aromatic N) is 4. The third kappa shape index (κ3) is 5.38. The summed E-state index contributed by atoms with van der Waals surface area (Å²) in [5, 5.41) is 14.8. The molecule has 0 saturated carbocycles. The van der Waals surface area contributed by atoms with E-state index in [0.29, 0.717) is 0 Å². The molecule has 3 heterocycles. The molecule has 14 heteroatoms. The lowest BCUT2D eigenvalue weighted by atomic mass is 10.1. The van der Waals surface area contributed by atoms with Crippen LogP contribution in [-0.4, -0.2) is 78.2 Å². The highest BCUT2D eigenvalue weighted by Crippen LogP contribution is 2.36. The number of aliphatic carboxylic acids is 1. The Morgan fingerprint density at radius 2 is 2.13 bits per heavy atom. The van der Waals surface area contributed by atoms with Crippen molar-refractivity contribution < 1.29 is 33.9 Å². The van der Waals surface area contributed by atoms with Crippen LogP contribution in [0.3, 0.4) is 0 Å². The number of thioether (sulfide) groups is 1. The Bertz CT molecular complexity index is 955. The minimum Gasteiger partial charge on any atom is -0.478 e. The summed E-state index contributed by atoms with van der Waals surface area (Å²) in [6, 6.07) is -0.876. The van der Waals surface area contributed by atoms with E-state index in [2.05, 4.69) is 19.8 Å². The molecule has 0 aliphatic carbocycles. The van der Waals surface area contributed by atoms with Crippen molar-refractivity contribution in [2.45, 2.75) is 37.8 Å². The highest BCUT2D eigenvalue weighted by atomic mass is 32.2. The number of β-lactam (4-membered cyclic amide) rings is 1. The molecule has 2 N–H and O–H groups in total. The van der Waals surface area contributed by atoms with Gasteiger partial charge in [-0.15, -0.1) is 11.8 Å². The Morgan fingerprint density at radius 1 is 1.39 bits per heavy atom. The van der Waals surface area contributed by atoms with Crippen molar-refractivity contribution >= 4 is 52.8 Å². The van der Waals surface area contributed by atoms with Gasteiger partial charge < -0.3 is 24.9 Å². The topological polar surface area (TPSA) is 160 Å². The third-order valence-corrected chi connectivity index (χ3v) is 5.69. The molecule has 1 aromatic rings. The maximum absolute atomic E-state index is 12.7. The second-order valence-corrected chi connectivity index (χ2v) is 9.12. The predicted octanol–water partition coefficient (Wildman–Crippen LogP) is -0.0311. The summed E-state index contributed by atoms with van der Waals surface area (Å²) < 4.78 is 9.04. The molecule has 0 bridgehead atoms. The fourth-order valence-corrected chi connectivity index (χ4v) is 4.30. The fraction of sp³-hybridized carbons (Fsp3) is 0.471. The summed E-state index contributed by atoms with van der Waals surface area (Å²) >= 11 is 2.20. The zero-order valence-corrected chi connectivity index (χ0v) is 18.4. The molecule has 2 atom stereocenters. The van der Waals surface area contributed by atoms with Crippen LogP contribution in [0.15, 0.2) is 22.4 Å². The van der Waals surface area contributed by atoms with Crippen LogP contribution in [0.5, 0.6) is 0 Å². The van der Waals surface area contributed by atoms with Crippen LogP contribution in [0.25, 0.3) is 0 Å². The fourth-order valence-electron chi connectivity index (χ4n) is 2.62. The van der Waals surface area contributed by atoms with Crippen LogP contribution < -0.4 is 5.32 Å². The van der Waals surface area contributed by atoms with Crippen LogP contribution in [0, 0.1) is 0 Å². The Kier molecular flexibility index (Phi) is 6.59. The lowest BCUT2D eigenvalue weighted by Gasteiger charge is -2.46. The number of fused-ring (bicyclic) bond motifs is 1. The second-order valence-electron chi connectivity index (χ2n) is 7.41. The van der Waals surface area contributed by atoms with Gasteiger partial charge in [0.1, 0.15) is 22.5 Å². The first-order valence-electron chi connectivity index (χ1n) is 8.94. The molecule has 1 fully saturated rings. The molecule has 1 saturated heterocycles. The summed E-state index contributed by atoms with van der Waals surface area (Å²) in [4.78, 5) is 58.1. The van der Waals surface area contributed by atoms with Gasteiger partial charge in [0.2, 0.25) is 18.1 Å². The summed E-state index contributed by atoms with van der Waals surface area (Å²) in [6.07, 6.45) is 1.27. The van der Waals surface area contributed by atoms with Gasteiger partial charge in [-0.2, -0.15) is 4.37 Å². The molecular weight excluding hydrogens is 450 g/mol. The molecule has 2 amide bonds. The Labute approximate surface area is 184 Å². The first-order valence-corrected chi connectivity index (χ1v) is 10.8. The largest absolute Gasteiger partial charge is 0.478 e. The van der Waals surface area contributed by atoms with Gasteiger partial charge in [0.05, 0.1) is 5.57 Å². The molecule has 31 heavy (non-hydrogen) atoms. The van der Waals surface area contributed by atoms with Gasteiger partial charge in [0.15, 0.2) is 0 Å². The first-order chi connectivity index (χ1) is 14.6. The van der Waals surface area contributed by atoms with Crippen molar-refractivity contribution in [2.24, 2.45) is 5.16 Å². The van der Waals surface area contributed by atoms with E-state index in [1.54, 1.807) is 20.8 Å². The molecule has 1 unspecified atom stereocenters. The van der Waals surface area contributed by atoms with E-state index in [4.69, 9.17) is 14.7 Å². The van der Waals surface area contributed by atoms with Crippen LogP contribution in [0.1, 0.15) is 26.6 Å². The van der Waals surface area contributed by atoms with Gasteiger partial charge in [0.25, 0.3) is 11.8 Å². The quantitative estimate of drug-likeness (QED) is 0.240. The minimum atomic E-state index is -1.10. The number of hydrogen-bond acceptors (Lipinski definition) is 11. The van der Waals surface area contributed by atoms with Crippen molar-refractivity contribution in [3.63, 3.8) is 0 Å². The smallest absolute Gasteiger partial charge is 0.347 e. The number of rotatable bonds is 7. The number of ether oxygens (including phenoxy) is 1. The SMILES string of the molecule is CC(C)(C)OC(=O)CON=C(C(=O)NC1C(=O)N2C=C(C(=O)O)CS[C@H]12)c1ncsn1. The van der Waals surface area contributed by atoms with E-state index in [-0.39, 0.29) is 22.9 Å². The van der Waals surface area contributed by atoms with Gasteiger partial charge in [-0.3, -0.25) is 9.59 Å². The minimum absolute atomic E-state index is 0.0281. The van der Waals surface area contributed by atoms with Crippen molar-refractivity contribution in [3.05, 3.63) is 23.1 Å². The second kappa shape index (κ2) is 9.01. The van der Waals surface area contributed by atoms with E-state index in [1.807, 2.05) is 0 Å². The average molecular weight is 470 g/mol. The number of amides is 2. The van der Waals surface area contributed by atoms with E-state index >= 15 is 0 Å². The van der Waals surface area contributed by atoms with Gasteiger partial charge in [0, 0.05) is 12.0 Å². The average Bonchev–Trinajstić information content (AvgIpc) is 3.21. The highest BCUT2D eigenvalue weighted by molar-refractivity contribution is 8.00. The molecule has 1 aromatic heterocycles. The molecule has 2 aliphatic heterocycles. The Morgan fingerprint density at radius 3 is 2.74 bits per heavy atom. The number of nitrogens with one attached hydrogen (secondary N) is 1. The maximum atomic E-state index is 12.7. The number of hydrogen-bond donors (Lipinski definition) is 2. The molecule has 2 aliphatic rings. The van der Waals surface area contributed by atoms with Crippen molar-refractivity contribution in [2.75, 3.05) is 12.4 Å². The Hall–Kier alpha value is -3.00. The monoisotopic (exact) mass is 469 g/mol. The normalized spacial score (nSPS) is 20.9. The summed E-state index contributed by atoms with van der Waals surface area (Å²) in [6.45, 7) is 4.56. The standard InChI is InChI=1S/C17H19N5O7S2/c1-17(2,3)29-9(23)5-28-20-10(12-18-7-31-21-12)13(24)19-11-14(25)22-4-8(16(26)27)6-30-15(11)22/h4,7,11,15H,5-6H2,1-3H3,(H,19,24)(H,26,27)/t11?,15-/m1/s1. The zero-order valence-electron chi connectivity index (χ0n) is 16.7. The Balaban J connectivity index is 1.66. The van der Waals surface area contributed by atoms with Gasteiger partial charge in [-0.25, -0.2) is 14.6 Å². The van der Waals surface area contributed by atoms with Crippen LogP contribution in [0.4, 0.5) is 0 Å². The number of oxime groups is 1. The highest BCUT2D eigenvalue weighted by Gasteiger charge is 2.50. The first kappa shape index (κ1) is 22.7. The summed E-state index contributed by atoms with van der Waals surface area (Å²) in [5.74, 6) is -2.83. The van der Waals surface area contributed by atoms with Gasteiger partial charge >= 0.3 is 11.9 Å². The third-order valence-electron chi connectivity index (χ3n) is 3.89. The lowest BCUT2D eigenvalue weighted by molar-refractivity contribution is -0.160. The molecule has 0 spiro atoms. The summed E-state index contributed by atoms with van der Waals surface area (Å²) in [5.41, 5.74) is 0.476. The van der Waals surface area contributed by atoms with Crippen molar-refractivity contribution in [1.82, 2.24) is 19.6 Å². The molecule has 0 aromatic carbocycles. The van der Waals surface area contributed by atoms with E-state index in [1.165, 1.54) is 28.4 Å². The van der Waals surface area contributed by atoms with Crippen molar-refractivity contribution in [1.29, 1.82) is 0 Å². The number of esters is 1. The number of carboxylic acid groups (broad SMARTS) is 1. The van der Waals surface area contributed by atoms with E-state index in [0.717, 1.165) is 11.5 Å². The van der Waals surface area contributed by atoms with Crippen molar-refractivity contribution in [3.8, 4) is 0 Å². The molecular formula is C17H19N5O7S2. The van der Waals surface area contributed by atoms with E-state index in [9.17, 15) is 19.2 Å². The number of aromatic nitrogens is 2. The molecule has 166 valence electrons. The number of carbonyl (C=O) groups excluding carboxylic acids is 3. The lowest BCUT2D eigenvalue weighted by Crippen LogP contribution is -2.69. The number of carbonyl (C=O) groups is 4. The van der Waals surface area contributed by atoms with E-state index < -0.39 is 47.4 Å².